The Morgan fingerprint density at radius 1 is 1.56 bits per heavy atom. The van der Waals surface area contributed by atoms with Crippen LogP contribution in [0.25, 0.3) is 0 Å². The van der Waals surface area contributed by atoms with Crippen LogP contribution >= 0.6 is 15.9 Å². The Labute approximate surface area is 104 Å². The summed E-state index contributed by atoms with van der Waals surface area (Å²) in [6, 6.07) is 7.46. The van der Waals surface area contributed by atoms with Gasteiger partial charge in [0.05, 0.1) is 7.11 Å². The lowest BCUT2D eigenvalue weighted by atomic mass is 10.1. The monoisotopic (exact) mass is 285 g/mol. The van der Waals surface area contributed by atoms with E-state index in [4.69, 9.17) is 4.74 Å². The lowest BCUT2D eigenvalue weighted by molar-refractivity contribution is -0.141. The van der Waals surface area contributed by atoms with Crippen LogP contribution in [0.5, 0.6) is 0 Å². The number of halogens is 1. The maximum Gasteiger partial charge on any atom is 0.328 e. The molecule has 1 unspecified atom stereocenters. The van der Waals surface area contributed by atoms with E-state index in [1.54, 1.807) is 0 Å². The Morgan fingerprint density at radius 3 is 2.88 bits per heavy atom. The van der Waals surface area contributed by atoms with E-state index in [0.29, 0.717) is 0 Å². The highest BCUT2D eigenvalue weighted by Crippen LogP contribution is 2.17. The molecule has 1 atom stereocenters. The number of esters is 1. The fraction of sp³-hybridized carbons (Fsp3) is 0.417. The van der Waals surface area contributed by atoms with Crippen LogP contribution in [0.4, 0.5) is 5.69 Å². The Hall–Kier alpha value is -1.03. The maximum absolute atomic E-state index is 11.5. The highest BCUT2D eigenvalue weighted by atomic mass is 79.9. The number of anilines is 1. The molecule has 1 aromatic carbocycles. The van der Waals surface area contributed by atoms with E-state index in [1.807, 2.05) is 31.2 Å². The van der Waals surface area contributed by atoms with Gasteiger partial charge in [-0.15, -0.1) is 0 Å². The maximum atomic E-state index is 11.5. The minimum atomic E-state index is -0.274. The number of benzene rings is 1. The molecule has 0 fully saturated rings. The molecule has 0 spiro atoms. The van der Waals surface area contributed by atoms with Crippen molar-refractivity contribution in [1.29, 1.82) is 0 Å². The number of hydrogen-bond donors (Lipinski definition) is 1. The number of nitrogens with one attached hydrogen (secondary N) is 1. The summed E-state index contributed by atoms with van der Waals surface area (Å²) < 4.78 is 5.74. The standard InChI is InChI=1S/C12H16BrNO2/c1-3-5-11(12(15)16-2)14-10-7-4-6-9(13)8-10/h4,6-8,11,14H,3,5H2,1-2H3. The van der Waals surface area contributed by atoms with Crippen molar-refractivity contribution in [2.75, 3.05) is 12.4 Å². The van der Waals surface area contributed by atoms with Crippen molar-refractivity contribution < 1.29 is 9.53 Å². The van der Waals surface area contributed by atoms with E-state index >= 15 is 0 Å². The van der Waals surface area contributed by atoms with E-state index in [1.165, 1.54) is 7.11 Å². The second-order valence-electron chi connectivity index (χ2n) is 3.52. The molecule has 0 aliphatic carbocycles. The van der Waals surface area contributed by atoms with Gasteiger partial charge in [-0.25, -0.2) is 4.79 Å². The molecular weight excluding hydrogens is 270 g/mol. The molecule has 1 rings (SSSR count). The first-order valence-corrected chi connectivity index (χ1v) is 6.06. The SMILES string of the molecule is CCCC(Nc1cccc(Br)c1)C(=O)OC. The summed E-state index contributed by atoms with van der Waals surface area (Å²) in [5.74, 6) is -0.221. The molecule has 88 valence electrons. The molecular formula is C12H16BrNO2. The third kappa shape index (κ3) is 3.85. The highest BCUT2D eigenvalue weighted by molar-refractivity contribution is 9.10. The van der Waals surface area contributed by atoms with Crippen molar-refractivity contribution in [3.05, 3.63) is 28.7 Å². The van der Waals surface area contributed by atoms with E-state index in [0.717, 1.165) is 23.0 Å². The third-order valence-corrected chi connectivity index (χ3v) is 2.72. The first-order valence-electron chi connectivity index (χ1n) is 5.27. The van der Waals surface area contributed by atoms with Gasteiger partial charge in [-0.1, -0.05) is 35.3 Å². The summed E-state index contributed by atoms with van der Waals surface area (Å²) >= 11 is 3.39. The summed E-state index contributed by atoms with van der Waals surface area (Å²) in [4.78, 5) is 11.5. The third-order valence-electron chi connectivity index (χ3n) is 2.23. The number of methoxy groups -OCH3 is 1. The Balaban J connectivity index is 2.71. The smallest absolute Gasteiger partial charge is 0.328 e. The molecule has 0 saturated carbocycles. The molecule has 1 N–H and O–H groups in total. The lowest BCUT2D eigenvalue weighted by Crippen LogP contribution is -2.30. The largest absolute Gasteiger partial charge is 0.467 e. The summed E-state index contributed by atoms with van der Waals surface area (Å²) in [6.45, 7) is 2.04. The molecule has 0 amide bonds. The molecule has 16 heavy (non-hydrogen) atoms. The van der Waals surface area contributed by atoms with Gasteiger partial charge in [-0.2, -0.15) is 0 Å². The van der Waals surface area contributed by atoms with Gasteiger partial charge in [0.25, 0.3) is 0 Å². The minimum absolute atomic E-state index is 0.221. The molecule has 1 aromatic rings. The van der Waals surface area contributed by atoms with Gasteiger partial charge >= 0.3 is 5.97 Å². The minimum Gasteiger partial charge on any atom is -0.467 e. The van der Waals surface area contributed by atoms with E-state index < -0.39 is 0 Å². The highest BCUT2D eigenvalue weighted by Gasteiger charge is 2.17. The zero-order chi connectivity index (χ0) is 12.0. The quantitative estimate of drug-likeness (QED) is 0.845. The predicted molar refractivity (Wildman–Crippen MR) is 68.5 cm³/mol. The Morgan fingerprint density at radius 2 is 2.31 bits per heavy atom. The lowest BCUT2D eigenvalue weighted by Gasteiger charge is -2.16. The molecule has 0 saturated heterocycles. The van der Waals surface area contributed by atoms with Crippen molar-refractivity contribution >= 4 is 27.6 Å². The number of carbonyl (C=O) groups excluding carboxylic acids is 1. The number of rotatable bonds is 5. The topological polar surface area (TPSA) is 38.3 Å². The van der Waals surface area contributed by atoms with E-state index in [9.17, 15) is 4.79 Å². The predicted octanol–water partition coefficient (Wildman–Crippen LogP) is 3.20. The van der Waals surface area contributed by atoms with Crippen LogP contribution < -0.4 is 5.32 Å². The molecule has 0 heterocycles. The van der Waals surface area contributed by atoms with Crippen molar-refractivity contribution in [3.8, 4) is 0 Å². The van der Waals surface area contributed by atoms with Crippen LogP contribution in [-0.2, 0) is 9.53 Å². The Bertz CT molecular complexity index is 355. The van der Waals surface area contributed by atoms with Crippen molar-refractivity contribution in [1.82, 2.24) is 0 Å². The average Bonchev–Trinajstić information content (AvgIpc) is 2.27. The zero-order valence-corrected chi connectivity index (χ0v) is 11.1. The summed E-state index contributed by atoms with van der Waals surface area (Å²) in [5.41, 5.74) is 0.915. The zero-order valence-electron chi connectivity index (χ0n) is 9.50. The molecule has 4 heteroatoms. The summed E-state index contributed by atoms with van der Waals surface area (Å²) in [6.07, 6.45) is 1.69. The summed E-state index contributed by atoms with van der Waals surface area (Å²) in [7, 11) is 1.41. The van der Waals surface area contributed by atoms with E-state index in [-0.39, 0.29) is 12.0 Å². The second kappa shape index (κ2) is 6.53. The molecule has 0 radical (unpaired) electrons. The van der Waals surface area contributed by atoms with Crippen molar-refractivity contribution in [3.63, 3.8) is 0 Å². The van der Waals surface area contributed by atoms with Crippen LogP contribution in [0.2, 0.25) is 0 Å². The van der Waals surface area contributed by atoms with Gasteiger partial charge in [0.15, 0.2) is 0 Å². The van der Waals surface area contributed by atoms with Crippen LogP contribution in [0.1, 0.15) is 19.8 Å². The molecule has 0 bridgehead atoms. The van der Waals surface area contributed by atoms with Gasteiger partial charge in [-0.3, -0.25) is 0 Å². The molecule has 0 aromatic heterocycles. The van der Waals surface area contributed by atoms with Gasteiger partial charge < -0.3 is 10.1 Å². The molecule has 3 nitrogen and oxygen atoms in total. The van der Waals surface area contributed by atoms with Gasteiger partial charge in [0, 0.05) is 10.2 Å². The van der Waals surface area contributed by atoms with Crippen LogP contribution in [0.15, 0.2) is 28.7 Å². The Kier molecular flexibility index (Phi) is 5.32. The van der Waals surface area contributed by atoms with E-state index in [2.05, 4.69) is 21.2 Å². The number of carbonyl (C=O) groups is 1. The van der Waals surface area contributed by atoms with Crippen molar-refractivity contribution in [2.24, 2.45) is 0 Å². The first kappa shape index (κ1) is 13.0. The fourth-order valence-corrected chi connectivity index (χ4v) is 1.86. The fourth-order valence-electron chi connectivity index (χ4n) is 1.46. The molecule has 0 aliphatic heterocycles. The van der Waals surface area contributed by atoms with Crippen molar-refractivity contribution in [2.45, 2.75) is 25.8 Å². The molecule has 0 aliphatic rings. The number of hydrogen-bond acceptors (Lipinski definition) is 3. The summed E-state index contributed by atoms with van der Waals surface area (Å²) in [5, 5.41) is 3.17. The van der Waals surface area contributed by atoms with Gasteiger partial charge in [0.2, 0.25) is 0 Å². The van der Waals surface area contributed by atoms with Gasteiger partial charge in [0.1, 0.15) is 6.04 Å². The van der Waals surface area contributed by atoms with Gasteiger partial charge in [-0.05, 0) is 24.6 Å². The normalized spacial score (nSPS) is 11.9. The van der Waals surface area contributed by atoms with Crippen LogP contribution in [0, 0.1) is 0 Å². The first-order chi connectivity index (χ1) is 7.67. The second-order valence-corrected chi connectivity index (χ2v) is 4.43. The number of ether oxygens (including phenoxy) is 1. The van der Waals surface area contributed by atoms with Crippen LogP contribution in [0.3, 0.4) is 0 Å². The average molecular weight is 286 g/mol. The van der Waals surface area contributed by atoms with Crippen LogP contribution in [-0.4, -0.2) is 19.1 Å².